The largest absolute Gasteiger partial charge is 0.378 e. The molecule has 1 aromatic carbocycles. The lowest BCUT2D eigenvalue weighted by atomic mass is 10.2. The molecule has 1 aliphatic heterocycles. The first-order valence-corrected chi connectivity index (χ1v) is 10.4. The van der Waals surface area contributed by atoms with Gasteiger partial charge in [-0.15, -0.1) is 10.2 Å². The second-order valence-corrected chi connectivity index (χ2v) is 7.96. The van der Waals surface area contributed by atoms with E-state index < -0.39 is 0 Å². The zero-order valence-electron chi connectivity index (χ0n) is 16.2. The standard InChI is InChI=1S/C19H26FN5O2S/c1-13(2)22-18(26)12-28-19-24-23-17(25(19)11-16-4-3-9-27-16)10-21-15-7-5-14(20)6-8-15/h5-8,13,16,21H,3-4,9-12H2,1-2H3,(H,22,26)/t16-/m0/s1. The predicted octanol–water partition coefficient (Wildman–Crippen LogP) is 2.83. The van der Waals surface area contributed by atoms with Crippen molar-refractivity contribution in [1.82, 2.24) is 20.1 Å². The number of hydrogen-bond acceptors (Lipinski definition) is 6. The third-order valence-corrected chi connectivity index (χ3v) is 5.25. The van der Waals surface area contributed by atoms with Gasteiger partial charge in [-0.1, -0.05) is 11.8 Å². The van der Waals surface area contributed by atoms with Gasteiger partial charge in [0.2, 0.25) is 5.91 Å². The molecule has 0 saturated carbocycles. The van der Waals surface area contributed by atoms with Gasteiger partial charge in [-0.2, -0.15) is 0 Å². The molecule has 2 aromatic rings. The lowest BCUT2D eigenvalue weighted by molar-refractivity contribution is -0.119. The fraction of sp³-hybridized carbons (Fsp3) is 0.526. The minimum absolute atomic E-state index is 0.0300. The summed E-state index contributed by atoms with van der Waals surface area (Å²) in [6.07, 6.45) is 2.18. The van der Waals surface area contributed by atoms with Gasteiger partial charge in [0.25, 0.3) is 0 Å². The van der Waals surface area contributed by atoms with Gasteiger partial charge in [-0.3, -0.25) is 4.79 Å². The number of hydrogen-bond donors (Lipinski definition) is 2. The highest BCUT2D eigenvalue weighted by atomic mass is 32.2. The van der Waals surface area contributed by atoms with Crippen LogP contribution in [0.5, 0.6) is 0 Å². The Labute approximate surface area is 168 Å². The number of rotatable bonds is 9. The summed E-state index contributed by atoms with van der Waals surface area (Å²) in [5.74, 6) is 0.738. The van der Waals surface area contributed by atoms with Crippen molar-refractivity contribution in [1.29, 1.82) is 0 Å². The van der Waals surface area contributed by atoms with Crippen LogP contribution >= 0.6 is 11.8 Å². The number of ether oxygens (including phenoxy) is 1. The average Bonchev–Trinajstić information content (AvgIpc) is 3.30. The van der Waals surface area contributed by atoms with Gasteiger partial charge < -0.3 is 19.9 Å². The Hall–Kier alpha value is -2.13. The van der Waals surface area contributed by atoms with Crippen LogP contribution in [0.2, 0.25) is 0 Å². The molecule has 1 saturated heterocycles. The summed E-state index contributed by atoms with van der Waals surface area (Å²) in [6, 6.07) is 6.29. The first-order valence-electron chi connectivity index (χ1n) is 9.46. The van der Waals surface area contributed by atoms with Crippen LogP contribution in [-0.4, -0.2) is 45.2 Å². The van der Waals surface area contributed by atoms with E-state index in [0.29, 0.717) is 18.2 Å². The molecule has 1 atom stereocenters. The lowest BCUT2D eigenvalue weighted by Crippen LogP contribution is -2.31. The second kappa shape index (κ2) is 9.88. The molecule has 7 nitrogen and oxygen atoms in total. The zero-order chi connectivity index (χ0) is 19.9. The summed E-state index contributed by atoms with van der Waals surface area (Å²) in [5, 5.41) is 15.4. The van der Waals surface area contributed by atoms with Gasteiger partial charge in [0, 0.05) is 18.3 Å². The van der Waals surface area contributed by atoms with Crippen LogP contribution in [0.25, 0.3) is 0 Å². The van der Waals surface area contributed by atoms with E-state index in [2.05, 4.69) is 20.8 Å². The number of anilines is 1. The number of carbonyl (C=O) groups is 1. The lowest BCUT2D eigenvalue weighted by Gasteiger charge is -2.15. The Balaban J connectivity index is 1.68. The number of thioether (sulfide) groups is 1. The van der Waals surface area contributed by atoms with E-state index in [1.165, 1.54) is 23.9 Å². The molecule has 1 fully saturated rings. The van der Waals surface area contributed by atoms with Crippen molar-refractivity contribution in [3.8, 4) is 0 Å². The summed E-state index contributed by atoms with van der Waals surface area (Å²) in [7, 11) is 0. The molecule has 3 rings (SSSR count). The summed E-state index contributed by atoms with van der Waals surface area (Å²) in [5.41, 5.74) is 0.804. The molecular weight excluding hydrogens is 381 g/mol. The van der Waals surface area contributed by atoms with E-state index in [9.17, 15) is 9.18 Å². The van der Waals surface area contributed by atoms with Crippen molar-refractivity contribution < 1.29 is 13.9 Å². The number of halogens is 1. The normalized spacial score (nSPS) is 16.5. The Morgan fingerprint density at radius 2 is 2.14 bits per heavy atom. The minimum atomic E-state index is -0.273. The van der Waals surface area contributed by atoms with Crippen LogP contribution in [-0.2, 0) is 22.6 Å². The van der Waals surface area contributed by atoms with E-state index in [-0.39, 0.29) is 29.6 Å². The van der Waals surface area contributed by atoms with Gasteiger partial charge in [-0.25, -0.2) is 4.39 Å². The molecule has 9 heteroatoms. The minimum Gasteiger partial charge on any atom is -0.378 e. The maximum Gasteiger partial charge on any atom is 0.230 e. The number of nitrogens with zero attached hydrogens (tertiary/aromatic N) is 3. The Morgan fingerprint density at radius 1 is 1.36 bits per heavy atom. The molecule has 2 N–H and O–H groups in total. The molecule has 1 amide bonds. The molecule has 0 unspecified atom stereocenters. The third kappa shape index (κ3) is 5.93. The summed E-state index contributed by atoms with van der Waals surface area (Å²) < 4.78 is 20.8. The van der Waals surface area contributed by atoms with E-state index >= 15 is 0 Å². The van der Waals surface area contributed by atoms with Crippen LogP contribution in [0, 0.1) is 5.82 Å². The van der Waals surface area contributed by atoms with Gasteiger partial charge in [0.1, 0.15) is 5.82 Å². The molecule has 1 aliphatic rings. The van der Waals surface area contributed by atoms with Crippen molar-refractivity contribution in [2.75, 3.05) is 17.7 Å². The zero-order valence-corrected chi connectivity index (χ0v) is 17.0. The molecule has 28 heavy (non-hydrogen) atoms. The average molecular weight is 408 g/mol. The highest BCUT2D eigenvalue weighted by Crippen LogP contribution is 2.22. The summed E-state index contributed by atoms with van der Waals surface area (Å²) >= 11 is 1.37. The number of nitrogens with one attached hydrogen (secondary N) is 2. The fourth-order valence-corrected chi connectivity index (χ4v) is 3.75. The van der Waals surface area contributed by atoms with E-state index in [0.717, 1.165) is 31.0 Å². The number of aromatic nitrogens is 3. The van der Waals surface area contributed by atoms with Gasteiger partial charge >= 0.3 is 0 Å². The molecule has 0 radical (unpaired) electrons. The van der Waals surface area contributed by atoms with Crippen LogP contribution < -0.4 is 10.6 Å². The molecule has 2 heterocycles. The summed E-state index contributed by atoms with van der Waals surface area (Å²) in [4.78, 5) is 12.0. The van der Waals surface area contributed by atoms with Gasteiger partial charge in [0.05, 0.1) is 24.9 Å². The van der Waals surface area contributed by atoms with Crippen molar-refractivity contribution in [3.63, 3.8) is 0 Å². The SMILES string of the molecule is CC(C)NC(=O)CSc1nnc(CNc2ccc(F)cc2)n1C[C@@H]1CCCO1. The first-order chi connectivity index (χ1) is 13.5. The maximum atomic E-state index is 13.1. The predicted molar refractivity (Wildman–Crippen MR) is 107 cm³/mol. The summed E-state index contributed by atoms with van der Waals surface area (Å²) in [6.45, 7) is 5.74. The van der Waals surface area contributed by atoms with Crippen LogP contribution in [0.15, 0.2) is 29.4 Å². The Morgan fingerprint density at radius 3 is 2.82 bits per heavy atom. The van der Waals surface area contributed by atoms with Crippen molar-refractivity contribution in [2.45, 2.75) is 57.1 Å². The van der Waals surface area contributed by atoms with Crippen molar-refractivity contribution in [2.24, 2.45) is 0 Å². The smallest absolute Gasteiger partial charge is 0.230 e. The number of amides is 1. The molecule has 152 valence electrons. The van der Waals surface area contributed by atoms with Crippen LogP contribution in [0.4, 0.5) is 10.1 Å². The Bertz CT molecular complexity index is 775. The van der Waals surface area contributed by atoms with Crippen LogP contribution in [0.3, 0.4) is 0 Å². The van der Waals surface area contributed by atoms with E-state index in [4.69, 9.17) is 4.74 Å². The second-order valence-electron chi connectivity index (χ2n) is 7.02. The number of carbonyl (C=O) groups excluding carboxylic acids is 1. The topological polar surface area (TPSA) is 81.1 Å². The van der Waals surface area contributed by atoms with Gasteiger partial charge in [-0.05, 0) is 51.0 Å². The molecular formula is C19H26FN5O2S. The van der Waals surface area contributed by atoms with Crippen molar-refractivity contribution >= 4 is 23.4 Å². The highest BCUT2D eigenvalue weighted by molar-refractivity contribution is 7.99. The molecule has 0 aliphatic carbocycles. The third-order valence-electron chi connectivity index (χ3n) is 4.28. The first kappa shape index (κ1) is 20.6. The molecule has 1 aromatic heterocycles. The monoisotopic (exact) mass is 407 g/mol. The molecule has 0 spiro atoms. The van der Waals surface area contributed by atoms with Gasteiger partial charge in [0.15, 0.2) is 11.0 Å². The number of benzene rings is 1. The quantitative estimate of drug-likeness (QED) is 0.622. The fourth-order valence-electron chi connectivity index (χ4n) is 2.97. The maximum absolute atomic E-state index is 13.1. The van der Waals surface area contributed by atoms with E-state index in [1.807, 2.05) is 18.4 Å². The highest BCUT2D eigenvalue weighted by Gasteiger charge is 2.21. The van der Waals surface area contributed by atoms with E-state index in [1.54, 1.807) is 12.1 Å². The van der Waals surface area contributed by atoms with Crippen LogP contribution in [0.1, 0.15) is 32.5 Å². The Kier molecular flexibility index (Phi) is 7.27. The van der Waals surface area contributed by atoms with Crippen molar-refractivity contribution in [3.05, 3.63) is 35.9 Å². The molecule has 0 bridgehead atoms.